The Morgan fingerprint density at radius 3 is 2.26 bits per heavy atom. The fourth-order valence-electron chi connectivity index (χ4n) is 5.66. The van der Waals surface area contributed by atoms with Gasteiger partial charge in [0.05, 0.1) is 39.7 Å². The quantitative estimate of drug-likeness (QED) is 0.0793. The highest BCUT2D eigenvalue weighted by atomic mass is 16.7. The first-order valence-electron chi connectivity index (χ1n) is 15.7. The molecule has 1 amide bonds. The second kappa shape index (κ2) is 16.8. The maximum absolute atomic E-state index is 13.2. The fraction of sp³-hybridized carbons (Fsp3) is 0.243. The zero-order valence-electron chi connectivity index (χ0n) is 28.0. The predicted octanol–water partition coefficient (Wildman–Crippen LogP) is 4.99. The lowest BCUT2D eigenvalue weighted by Gasteiger charge is -2.34. The normalized spacial score (nSPS) is 15.7. The van der Waals surface area contributed by atoms with Crippen LogP contribution in [0, 0.1) is 5.92 Å². The lowest BCUT2D eigenvalue weighted by atomic mass is 9.79. The molecular formula is C37H40N4O9. The number of ether oxygens (including phenoxy) is 7. The summed E-state index contributed by atoms with van der Waals surface area (Å²) in [4.78, 5) is 24.0. The van der Waals surface area contributed by atoms with Gasteiger partial charge in [0.2, 0.25) is 12.5 Å². The zero-order chi connectivity index (χ0) is 35.5. The SMILES string of the molecule is COc1cccc(OC)c1OC.N/C(=C\N(N)c1cccc(Oc2ccccc2)c1)C(=O)NC1c2cc3c(cc2CCC1COC=O)OCO3. The highest BCUT2D eigenvalue weighted by Crippen LogP contribution is 2.43. The molecule has 262 valence electrons. The van der Waals surface area contributed by atoms with Crippen molar-refractivity contribution < 1.29 is 42.7 Å². The minimum Gasteiger partial charge on any atom is -0.493 e. The van der Waals surface area contributed by atoms with Gasteiger partial charge in [-0.15, -0.1) is 0 Å². The molecule has 6 rings (SSSR count). The maximum atomic E-state index is 13.2. The summed E-state index contributed by atoms with van der Waals surface area (Å²) in [6.07, 6.45) is 2.79. The number of nitrogens with zero attached hydrogens (tertiary/aromatic N) is 1. The first kappa shape index (κ1) is 35.2. The van der Waals surface area contributed by atoms with E-state index < -0.39 is 11.9 Å². The maximum Gasteiger partial charge on any atom is 0.293 e. The van der Waals surface area contributed by atoms with Crippen molar-refractivity contribution in [2.24, 2.45) is 17.5 Å². The molecule has 2 atom stereocenters. The van der Waals surface area contributed by atoms with Gasteiger partial charge < -0.3 is 44.2 Å². The van der Waals surface area contributed by atoms with Crippen molar-refractivity contribution in [1.29, 1.82) is 0 Å². The van der Waals surface area contributed by atoms with E-state index in [4.69, 9.17) is 44.7 Å². The summed E-state index contributed by atoms with van der Waals surface area (Å²) in [6, 6.07) is 25.3. The molecule has 1 heterocycles. The third-order valence-electron chi connectivity index (χ3n) is 8.11. The molecule has 0 spiro atoms. The van der Waals surface area contributed by atoms with Crippen LogP contribution in [0.3, 0.4) is 0 Å². The Bertz CT molecular complexity index is 1780. The second-order valence-electron chi connectivity index (χ2n) is 11.2. The van der Waals surface area contributed by atoms with Gasteiger partial charge in [-0.25, -0.2) is 5.84 Å². The molecule has 1 aliphatic carbocycles. The number of carbonyl (C=O) groups is 2. The summed E-state index contributed by atoms with van der Waals surface area (Å²) in [5.41, 5.74) is 8.53. The average Bonchev–Trinajstić information content (AvgIpc) is 3.61. The Balaban J connectivity index is 0.000000343. The number of amides is 1. The van der Waals surface area contributed by atoms with Crippen LogP contribution in [0.25, 0.3) is 0 Å². The average molecular weight is 685 g/mol. The number of hydrazine groups is 1. The molecule has 1 aliphatic heterocycles. The Kier molecular flexibility index (Phi) is 11.9. The highest BCUT2D eigenvalue weighted by molar-refractivity contribution is 5.93. The molecule has 4 aromatic carbocycles. The van der Waals surface area contributed by atoms with E-state index >= 15 is 0 Å². The van der Waals surface area contributed by atoms with E-state index in [1.54, 1.807) is 45.6 Å². The van der Waals surface area contributed by atoms with Crippen LogP contribution in [-0.4, -0.2) is 47.1 Å². The van der Waals surface area contributed by atoms with E-state index in [0.717, 1.165) is 17.5 Å². The molecular weight excluding hydrogens is 644 g/mol. The molecule has 5 N–H and O–H groups in total. The van der Waals surface area contributed by atoms with Crippen LogP contribution < -0.4 is 50.3 Å². The summed E-state index contributed by atoms with van der Waals surface area (Å²) in [7, 11) is 4.77. The van der Waals surface area contributed by atoms with Gasteiger partial charge in [-0.2, -0.15) is 0 Å². The van der Waals surface area contributed by atoms with Gasteiger partial charge >= 0.3 is 0 Å². The van der Waals surface area contributed by atoms with Gasteiger partial charge in [0.1, 0.15) is 17.2 Å². The van der Waals surface area contributed by atoms with Gasteiger partial charge in [0.25, 0.3) is 12.4 Å². The van der Waals surface area contributed by atoms with Crippen LogP contribution in [0.1, 0.15) is 23.6 Å². The lowest BCUT2D eigenvalue weighted by Crippen LogP contribution is -2.41. The third-order valence-corrected chi connectivity index (χ3v) is 8.11. The Labute approximate surface area is 290 Å². The number of hydrogen-bond acceptors (Lipinski definition) is 12. The largest absolute Gasteiger partial charge is 0.493 e. The van der Waals surface area contributed by atoms with Crippen molar-refractivity contribution in [3.05, 3.63) is 108 Å². The van der Waals surface area contributed by atoms with Crippen molar-refractivity contribution >= 4 is 18.1 Å². The van der Waals surface area contributed by atoms with Gasteiger partial charge in [-0.3, -0.25) is 14.6 Å². The first-order valence-corrected chi connectivity index (χ1v) is 15.7. The van der Waals surface area contributed by atoms with E-state index in [2.05, 4.69) is 5.32 Å². The number of methoxy groups -OCH3 is 3. The number of benzene rings is 4. The number of anilines is 1. The van der Waals surface area contributed by atoms with Crippen molar-refractivity contribution in [3.8, 4) is 40.2 Å². The molecule has 0 bridgehead atoms. The van der Waals surface area contributed by atoms with Gasteiger partial charge in [0.15, 0.2) is 23.0 Å². The molecule has 13 nitrogen and oxygen atoms in total. The number of nitrogens with two attached hydrogens (primary N) is 2. The van der Waals surface area contributed by atoms with E-state index in [0.29, 0.717) is 58.8 Å². The molecule has 0 saturated carbocycles. The van der Waals surface area contributed by atoms with Crippen molar-refractivity contribution in [3.63, 3.8) is 0 Å². The first-order chi connectivity index (χ1) is 24.3. The van der Waals surface area contributed by atoms with E-state index in [9.17, 15) is 9.59 Å². The smallest absolute Gasteiger partial charge is 0.293 e. The Hall–Kier alpha value is -6.08. The topological polar surface area (TPSA) is 166 Å². The van der Waals surface area contributed by atoms with Crippen molar-refractivity contribution in [2.45, 2.75) is 18.9 Å². The number of rotatable bonds is 12. The lowest BCUT2D eigenvalue weighted by molar-refractivity contribution is -0.130. The predicted molar refractivity (Wildman–Crippen MR) is 185 cm³/mol. The molecule has 0 radical (unpaired) electrons. The summed E-state index contributed by atoms with van der Waals surface area (Å²) in [6.45, 7) is 0.708. The molecule has 0 aromatic heterocycles. The number of carbonyl (C=O) groups excluding carboxylic acids is 2. The monoisotopic (exact) mass is 684 g/mol. The zero-order valence-corrected chi connectivity index (χ0v) is 28.0. The van der Waals surface area contributed by atoms with E-state index in [-0.39, 0.29) is 25.0 Å². The summed E-state index contributed by atoms with van der Waals surface area (Å²) in [5.74, 6) is 10.1. The fourth-order valence-corrected chi connectivity index (χ4v) is 5.66. The molecule has 0 fully saturated rings. The molecule has 13 heteroatoms. The number of nitrogens with one attached hydrogen (secondary N) is 1. The summed E-state index contributed by atoms with van der Waals surface area (Å²) < 4.78 is 37.2. The van der Waals surface area contributed by atoms with Crippen LogP contribution in [-0.2, 0) is 20.7 Å². The highest BCUT2D eigenvalue weighted by Gasteiger charge is 2.34. The van der Waals surface area contributed by atoms with Gasteiger partial charge in [-0.1, -0.05) is 30.3 Å². The standard InChI is InChI=1S/C28H28N4O6.C9H12O3/c29-24(14-32(30)20-5-4-8-22(12-20)38-21-6-2-1-3-7-21)28(34)31-27-19(15-35-16-33)10-9-18-11-25-26(13-23(18)27)37-17-36-25;1-10-7-5-4-6-8(11-2)9(7)12-3/h1-8,11-14,16,19,27H,9-10,15,17,29-30H2,(H,31,34);4-6H,1-3H3/b24-14-;. The minimum atomic E-state index is -0.510. The molecule has 2 unspecified atom stereocenters. The van der Waals surface area contributed by atoms with Crippen LogP contribution >= 0.6 is 0 Å². The van der Waals surface area contributed by atoms with Gasteiger partial charge in [0, 0.05) is 18.2 Å². The third kappa shape index (κ3) is 8.49. The Morgan fingerprint density at radius 1 is 0.900 bits per heavy atom. The van der Waals surface area contributed by atoms with Crippen molar-refractivity contribution in [1.82, 2.24) is 5.32 Å². The van der Waals surface area contributed by atoms with Crippen LogP contribution in [0.2, 0.25) is 0 Å². The van der Waals surface area contributed by atoms with Gasteiger partial charge in [-0.05, 0) is 72.5 Å². The van der Waals surface area contributed by atoms with Crippen LogP contribution in [0.15, 0.2) is 96.8 Å². The number of para-hydroxylation sites is 2. The van der Waals surface area contributed by atoms with E-state index in [1.165, 1.54) is 11.2 Å². The van der Waals surface area contributed by atoms with Crippen LogP contribution in [0.4, 0.5) is 5.69 Å². The summed E-state index contributed by atoms with van der Waals surface area (Å²) in [5, 5.41) is 4.25. The molecule has 50 heavy (non-hydrogen) atoms. The number of hydrogen-bond donors (Lipinski definition) is 3. The van der Waals surface area contributed by atoms with E-state index in [1.807, 2.05) is 60.7 Å². The minimum absolute atomic E-state index is 0.0928. The Morgan fingerprint density at radius 2 is 1.58 bits per heavy atom. The van der Waals surface area contributed by atoms with Crippen LogP contribution in [0.5, 0.6) is 40.2 Å². The summed E-state index contributed by atoms with van der Waals surface area (Å²) >= 11 is 0. The molecule has 4 aromatic rings. The number of fused-ring (bicyclic) bond motifs is 2. The molecule has 0 saturated heterocycles. The number of aryl methyl sites for hydroxylation is 1. The van der Waals surface area contributed by atoms with Crippen molar-refractivity contribution in [2.75, 3.05) is 39.7 Å². The molecule has 2 aliphatic rings. The second-order valence-corrected chi connectivity index (χ2v) is 11.2.